The van der Waals surface area contributed by atoms with E-state index in [2.05, 4.69) is 11.1 Å². The van der Waals surface area contributed by atoms with Gasteiger partial charge < -0.3 is 9.84 Å². The van der Waals surface area contributed by atoms with Crippen LogP contribution in [0.1, 0.15) is 58.3 Å². The minimum Gasteiger partial charge on any atom is -0.478 e. The van der Waals surface area contributed by atoms with E-state index in [9.17, 15) is 4.79 Å². The molecule has 0 bridgehead atoms. The van der Waals surface area contributed by atoms with Gasteiger partial charge >= 0.3 is 5.97 Å². The Balaban J connectivity index is 1.48. The van der Waals surface area contributed by atoms with Gasteiger partial charge in [0.15, 0.2) is 0 Å². The minimum atomic E-state index is -0.844. The Morgan fingerprint density at radius 2 is 1.69 bits per heavy atom. The van der Waals surface area contributed by atoms with Crippen molar-refractivity contribution in [3.63, 3.8) is 0 Å². The zero-order valence-corrected chi connectivity index (χ0v) is 15.6. The Kier molecular flexibility index (Phi) is 8.67. The normalized spacial score (nSPS) is 11.7. The molecule has 2 rings (SSSR count). The van der Waals surface area contributed by atoms with E-state index in [-0.39, 0.29) is 0 Å². The molecule has 4 heteroatoms. The van der Waals surface area contributed by atoms with Crippen molar-refractivity contribution >= 4 is 16.9 Å². The fourth-order valence-corrected chi connectivity index (χ4v) is 2.98. The lowest BCUT2D eigenvalue weighted by Crippen LogP contribution is -1.99. The Labute approximate surface area is 155 Å². The summed E-state index contributed by atoms with van der Waals surface area (Å²) >= 11 is 0. The number of unbranched alkanes of at least 4 members (excludes halogenated alkanes) is 6. The van der Waals surface area contributed by atoms with Crippen molar-refractivity contribution in [2.75, 3.05) is 6.61 Å². The summed E-state index contributed by atoms with van der Waals surface area (Å²) in [6.07, 6.45) is 10.3. The Hall–Kier alpha value is -2.36. The van der Waals surface area contributed by atoms with E-state index in [0.717, 1.165) is 35.7 Å². The van der Waals surface area contributed by atoms with E-state index in [1.54, 1.807) is 0 Å². The number of nitrogens with zero attached hydrogens (tertiary/aromatic N) is 1. The third-order valence-electron chi connectivity index (χ3n) is 4.41. The van der Waals surface area contributed by atoms with E-state index in [1.807, 2.05) is 37.3 Å². The Morgan fingerprint density at radius 1 is 1.00 bits per heavy atom. The number of benzene rings is 1. The summed E-state index contributed by atoms with van der Waals surface area (Å²) in [6.45, 7) is 2.60. The molecular formula is C22H29NO3. The average Bonchev–Trinajstić information content (AvgIpc) is 2.62. The van der Waals surface area contributed by atoms with Gasteiger partial charge in [0.1, 0.15) is 0 Å². The quantitative estimate of drug-likeness (QED) is 0.388. The molecule has 26 heavy (non-hydrogen) atoms. The molecule has 0 saturated carbocycles. The molecule has 2 aromatic rings. The number of fused-ring (bicyclic) bond motifs is 1. The highest BCUT2D eigenvalue weighted by Gasteiger charge is 1.99. The van der Waals surface area contributed by atoms with Gasteiger partial charge in [0, 0.05) is 17.5 Å². The van der Waals surface area contributed by atoms with Crippen LogP contribution in [-0.2, 0) is 4.79 Å². The molecule has 0 unspecified atom stereocenters. The second kappa shape index (κ2) is 11.3. The monoisotopic (exact) mass is 355 g/mol. The lowest BCUT2D eigenvalue weighted by atomic mass is 10.1. The van der Waals surface area contributed by atoms with E-state index < -0.39 is 5.97 Å². The first-order valence-electron chi connectivity index (χ1n) is 9.54. The van der Waals surface area contributed by atoms with Crippen LogP contribution in [0.3, 0.4) is 0 Å². The Bertz CT molecular complexity index is 724. The lowest BCUT2D eigenvalue weighted by molar-refractivity contribution is -0.131. The maximum absolute atomic E-state index is 10.5. The number of allylic oxidation sites excluding steroid dienone is 1. The summed E-state index contributed by atoms with van der Waals surface area (Å²) in [4.78, 5) is 15.0. The number of ether oxygens (including phenoxy) is 1. The molecule has 1 N–H and O–H groups in total. The van der Waals surface area contributed by atoms with Gasteiger partial charge in [-0.25, -0.2) is 9.78 Å². The number of aromatic nitrogens is 1. The average molecular weight is 355 g/mol. The first-order valence-corrected chi connectivity index (χ1v) is 9.54. The van der Waals surface area contributed by atoms with E-state index in [1.165, 1.54) is 38.2 Å². The summed E-state index contributed by atoms with van der Waals surface area (Å²) in [5.41, 5.74) is 1.93. The van der Waals surface area contributed by atoms with Crippen LogP contribution in [0.4, 0.5) is 0 Å². The third kappa shape index (κ3) is 7.68. The molecule has 4 nitrogen and oxygen atoms in total. The van der Waals surface area contributed by atoms with E-state index in [0.29, 0.717) is 12.5 Å². The van der Waals surface area contributed by atoms with Crippen LogP contribution < -0.4 is 4.74 Å². The maximum Gasteiger partial charge on any atom is 0.328 e. The first kappa shape index (κ1) is 20.0. The number of carbonyl (C=O) groups is 1. The van der Waals surface area contributed by atoms with Crippen LogP contribution >= 0.6 is 0 Å². The van der Waals surface area contributed by atoms with Crippen molar-refractivity contribution in [3.05, 3.63) is 48.0 Å². The van der Waals surface area contributed by atoms with Gasteiger partial charge in [-0.05, 0) is 38.3 Å². The van der Waals surface area contributed by atoms with Gasteiger partial charge in [-0.1, -0.05) is 55.9 Å². The van der Waals surface area contributed by atoms with Crippen molar-refractivity contribution in [2.45, 2.75) is 58.3 Å². The summed E-state index contributed by atoms with van der Waals surface area (Å²) in [5, 5.41) is 9.79. The van der Waals surface area contributed by atoms with Gasteiger partial charge in [-0.15, -0.1) is 0 Å². The summed E-state index contributed by atoms with van der Waals surface area (Å²) in [5.74, 6) is -0.142. The molecule has 0 aliphatic heterocycles. The topological polar surface area (TPSA) is 59.4 Å². The predicted molar refractivity (Wildman–Crippen MR) is 106 cm³/mol. The van der Waals surface area contributed by atoms with Gasteiger partial charge in [-0.2, -0.15) is 0 Å². The number of carboxylic acids is 1. The number of hydrogen-bond donors (Lipinski definition) is 1. The molecule has 1 heterocycles. The molecule has 0 spiro atoms. The second-order valence-electron chi connectivity index (χ2n) is 6.74. The van der Waals surface area contributed by atoms with Crippen LogP contribution in [-0.4, -0.2) is 22.7 Å². The molecule has 0 atom stereocenters. The van der Waals surface area contributed by atoms with Crippen molar-refractivity contribution in [1.82, 2.24) is 4.98 Å². The maximum atomic E-state index is 10.5. The zero-order chi connectivity index (χ0) is 18.6. The number of aliphatic carboxylic acids is 1. The lowest BCUT2D eigenvalue weighted by Gasteiger charge is -2.06. The molecule has 1 aromatic carbocycles. The highest BCUT2D eigenvalue weighted by molar-refractivity contribution is 5.80. The van der Waals surface area contributed by atoms with Crippen LogP contribution in [0.2, 0.25) is 0 Å². The van der Waals surface area contributed by atoms with Crippen molar-refractivity contribution in [1.29, 1.82) is 0 Å². The van der Waals surface area contributed by atoms with Crippen LogP contribution in [0.25, 0.3) is 10.9 Å². The predicted octanol–water partition coefficient (Wildman–Crippen LogP) is 5.77. The highest BCUT2D eigenvalue weighted by atomic mass is 16.5. The van der Waals surface area contributed by atoms with Gasteiger partial charge in [-0.3, -0.25) is 0 Å². The third-order valence-corrected chi connectivity index (χ3v) is 4.41. The zero-order valence-electron chi connectivity index (χ0n) is 15.6. The molecule has 0 aliphatic rings. The van der Waals surface area contributed by atoms with Crippen molar-refractivity contribution in [2.24, 2.45) is 0 Å². The standard InChI is InChI=1S/C22H29NO3/c1-18(17-22(24)25)11-7-5-3-2-4-6-10-16-26-21-15-14-19-12-8-9-13-20(19)23-21/h8-9,12-15,17H,2-7,10-11,16H2,1H3,(H,24,25). The van der Waals surface area contributed by atoms with Crippen LogP contribution in [0.5, 0.6) is 5.88 Å². The highest BCUT2D eigenvalue weighted by Crippen LogP contribution is 2.17. The molecule has 0 amide bonds. The van der Waals surface area contributed by atoms with Gasteiger partial charge in [0.25, 0.3) is 0 Å². The number of rotatable bonds is 12. The number of hydrogen-bond acceptors (Lipinski definition) is 3. The summed E-state index contributed by atoms with van der Waals surface area (Å²) in [7, 11) is 0. The van der Waals surface area contributed by atoms with Crippen LogP contribution in [0, 0.1) is 0 Å². The number of carboxylic acid groups (broad SMARTS) is 1. The Morgan fingerprint density at radius 3 is 2.46 bits per heavy atom. The summed E-state index contributed by atoms with van der Waals surface area (Å²) < 4.78 is 5.75. The number of para-hydroxylation sites is 1. The van der Waals surface area contributed by atoms with Crippen LogP contribution in [0.15, 0.2) is 48.0 Å². The molecule has 0 fully saturated rings. The second-order valence-corrected chi connectivity index (χ2v) is 6.74. The fraction of sp³-hybridized carbons (Fsp3) is 0.455. The molecule has 0 radical (unpaired) electrons. The van der Waals surface area contributed by atoms with E-state index >= 15 is 0 Å². The molecule has 0 saturated heterocycles. The molecular weight excluding hydrogens is 326 g/mol. The molecule has 0 aliphatic carbocycles. The van der Waals surface area contributed by atoms with Gasteiger partial charge in [0.05, 0.1) is 12.1 Å². The van der Waals surface area contributed by atoms with Crippen molar-refractivity contribution in [3.8, 4) is 5.88 Å². The summed E-state index contributed by atoms with van der Waals surface area (Å²) in [6, 6.07) is 12.0. The smallest absolute Gasteiger partial charge is 0.328 e. The molecule has 1 aromatic heterocycles. The largest absolute Gasteiger partial charge is 0.478 e. The van der Waals surface area contributed by atoms with E-state index in [4.69, 9.17) is 9.84 Å². The minimum absolute atomic E-state index is 0.702. The van der Waals surface area contributed by atoms with Gasteiger partial charge in [0.2, 0.25) is 5.88 Å². The van der Waals surface area contributed by atoms with Crippen molar-refractivity contribution < 1.29 is 14.6 Å². The fourth-order valence-electron chi connectivity index (χ4n) is 2.98. The molecule has 140 valence electrons. The number of pyridine rings is 1. The SMILES string of the molecule is CC(=CC(=O)O)CCCCCCCCCOc1ccc2ccccc2n1. The first-order chi connectivity index (χ1) is 12.6.